The number of amides is 3. The first kappa shape index (κ1) is 23.8. The Kier molecular flexibility index (Phi) is 6.62. The number of benzene rings is 1. The number of Topliss-reactive ketones (excluding diaryl/α,β-unsaturated/α-hetero) is 1. The maximum absolute atomic E-state index is 13.4. The summed E-state index contributed by atoms with van der Waals surface area (Å²) in [6.07, 6.45) is 0.328. The molecule has 1 atom stereocenters. The highest BCUT2D eigenvalue weighted by Gasteiger charge is 2.53. The Hall–Kier alpha value is -2.90. The van der Waals surface area contributed by atoms with Crippen molar-refractivity contribution in [2.45, 2.75) is 59.0 Å². The van der Waals surface area contributed by atoms with Crippen LogP contribution in [-0.4, -0.2) is 53.8 Å². The van der Waals surface area contributed by atoms with Gasteiger partial charge in [0.05, 0.1) is 5.41 Å². The molecule has 2 heterocycles. The van der Waals surface area contributed by atoms with Crippen LogP contribution in [0.1, 0.15) is 58.9 Å². The van der Waals surface area contributed by atoms with Crippen molar-refractivity contribution in [1.29, 1.82) is 0 Å². The van der Waals surface area contributed by atoms with Gasteiger partial charge >= 0.3 is 6.09 Å². The SMILES string of the molecule is CC(C)c1ccccc1NC(=O)C1C(=O)NCC2(CCN(C(=O)OC(C)(C)C)CC2)C1=O. The molecule has 3 rings (SSSR count). The lowest BCUT2D eigenvalue weighted by Crippen LogP contribution is -2.61. The van der Waals surface area contributed by atoms with Gasteiger partial charge in [-0.3, -0.25) is 14.4 Å². The van der Waals surface area contributed by atoms with Crippen LogP contribution in [0.15, 0.2) is 24.3 Å². The molecule has 1 aromatic carbocycles. The van der Waals surface area contributed by atoms with Gasteiger partial charge in [0.2, 0.25) is 11.8 Å². The fourth-order valence-electron chi connectivity index (χ4n) is 4.30. The molecule has 1 spiro atoms. The number of ether oxygens (including phenoxy) is 1. The first-order valence-electron chi connectivity index (χ1n) is 11.1. The Balaban J connectivity index is 1.72. The molecule has 2 saturated heterocycles. The van der Waals surface area contributed by atoms with Crippen molar-refractivity contribution in [1.82, 2.24) is 10.2 Å². The monoisotopic (exact) mass is 443 g/mol. The molecule has 0 radical (unpaired) electrons. The number of nitrogens with one attached hydrogen (secondary N) is 2. The van der Waals surface area contributed by atoms with Gasteiger partial charge in [0.1, 0.15) is 5.60 Å². The van der Waals surface area contributed by atoms with Crippen molar-refractivity contribution in [2.75, 3.05) is 25.0 Å². The quantitative estimate of drug-likeness (QED) is 0.699. The third-order valence-electron chi connectivity index (χ3n) is 6.12. The molecule has 0 aromatic heterocycles. The highest BCUT2D eigenvalue weighted by molar-refractivity contribution is 6.24. The minimum absolute atomic E-state index is 0.172. The van der Waals surface area contributed by atoms with Crippen LogP contribution >= 0.6 is 0 Å². The summed E-state index contributed by atoms with van der Waals surface area (Å²) >= 11 is 0. The zero-order chi connectivity index (χ0) is 23.7. The number of carbonyl (C=O) groups excluding carboxylic acids is 4. The summed E-state index contributed by atoms with van der Waals surface area (Å²) < 4.78 is 5.42. The maximum atomic E-state index is 13.4. The molecule has 3 amide bonds. The molecule has 8 heteroatoms. The topological polar surface area (TPSA) is 105 Å². The van der Waals surface area contributed by atoms with Crippen LogP contribution < -0.4 is 10.6 Å². The van der Waals surface area contributed by atoms with Gasteiger partial charge in [-0.25, -0.2) is 4.79 Å². The molecule has 1 unspecified atom stereocenters. The summed E-state index contributed by atoms with van der Waals surface area (Å²) in [6.45, 7) is 10.3. The average Bonchev–Trinajstić information content (AvgIpc) is 2.71. The molecule has 32 heavy (non-hydrogen) atoms. The summed E-state index contributed by atoms with van der Waals surface area (Å²) in [6, 6.07) is 7.37. The molecule has 0 aliphatic carbocycles. The molecular formula is C24H33N3O5. The van der Waals surface area contributed by atoms with E-state index in [1.807, 2.05) is 26.0 Å². The zero-order valence-electron chi connectivity index (χ0n) is 19.5. The smallest absolute Gasteiger partial charge is 0.410 e. The normalized spacial score (nSPS) is 20.8. The number of hydrogen-bond donors (Lipinski definition) is 2. The van der Waals surface area contributed by atoms with Gasteiger partial charge in [-0.15, -0.1) is 0 Å². The second-order valence-electron chi connectivity index (χ2n) is 9.99. The predicted molar refractivity (Wildman–Crippen MR) is 120 cm³/mol. The Bertz CT molecular complexity index is 910. The largest absolute Gasteiger partial charge is 0.444 e. The van der Waals surface area contributed by atoms with E-state index < -0.39 is 34.8 Å². The van der Waals surface area contributed by atoms with E-state index in [4.69, 9.17) is 4.74 Å². The van der Waals surface area contributed by atoms with Crippen molar-refractivity contribution in [3.8, 4) is 0 Å². The number of anilines is 1. The number of rotatable bonds is 3. The maximum Gasteiger partial charge on any atom is 0.410 e. The van der Waals surface area contributed by atoms with Gasteiger partial charge < -0.3 is 20.3 Å². The van der Waals surface area contributed by atoms with Crippen molar-refractivity contribution in [3.05, 3.63) is 29.8 Å². The summed E-state index contributed by atoms with van der Waals surface area (Å²) in [5.41, 5.74) is 0.0832. The Morgan fingerprint density at radius 2 is 1.78 bits per heavy atom. The molecule has 1 aromatic rings. The van der Waals surface area contributed by atoms with Gasteiger partial charge in [0.15, 0.2) is 11.7 Å². The van der Waals surface area contributed by atoms with E-state index >= 15 is 0 Å². The van der Waals surface area contributed by atoms with E-state index in [0.717, 1.165) is 5.56 Å². The molecule has 2 fully saturated rings. The number of likely N-dealkylation sites (tertiary alicyclic amines) is 1. The van der Waals surface area contributed by atoms with Crippen LogP contribution in [0, 0.1) is 11.3 Å². The highest BCUT2D eigenvalue weighted by Crippen LogP contribution is 2.38. The molecule has 2 aliphatic rings. The van der Waals surface area contributed by atoms with E-state index in [9.17, 15) is 19.2 Å². The van der Waals surface area contributed by atoms with Crippen LogP contribution in [-0.2, 0) is 19.1 Å². The van der Waals surface area contributed by atoms with Crippen LogP contribution in [0.4, 0.5) is 10.5 Å². The number of para-hydroxylation sites is 1. The Morgan fingerprint density at radius 3 is 2.38 bits per heavy atom. The van der Waals surface area contributed by atoms with Gasteiger partial charge in [0, 0.05) is 25.3 Å². The van der Waals surface area contributed by atoms with E-state index in [2.05, 4.69) is 10.6 Å². The van der Waals surface area contributed by atoms with Gasteiger partial charge in [-0.05, 0) is 51.2 Å². The zero-order valence-corrected chi connectivity index (χ0v) is 19.5. The van der Waals surface area contributed by atoms with E-state index in [0.29, 0.717) is 31.6 Å². The van der Waals surface area contributed by atoms with Gasteiger partial charge in [-0.1, -0.05) is 32.0 Å². The lowest BCUT2D eigenvalue weighted by Gasteiger charge is -2.44. The summed E-state index contributed by atoms with van der Waals surface area (Å²) in [4.78, 5) is 52.9. The van der Waals surface area contributed by atoms with Crippen molar-refractivity contribution >= 4 is 29.4 Å². The fourth-order valence-corrected chi connectivity index (χ4v) is 4.30. The summed E-state index contributed by atoms with van der Waals surface area (Å²) in [5.74, 6) is -2.79. The van der Waals surface area contributed by atoms with Crippen LogP contribution in [0.25, 0.3) is 0 Å². The third kappa shape index (κ3) is 4.95. The number of hydrogen-bond acceptors (Lipinski definition) is 5. The second-order valence-corrected chi connectivity index (χ2v) is 9.99. The second kappa shape index (κ2) is 8.92. The Morgan fingerprint density at radius 1 is 1.16 bits per heavy atom. The highest BCUT2D eigenvalue weighted by atomic mass is 16.6. The fraction of sp³-hybridized carbons (Fsp3) is 0.583. The molecule has 0 bridgehead atoms. The van der Waals surface area contributed by atoms with Crippen molar-refractivity contribution in [2.24, 2.45) is 11.3 Å². The lowest BCUT2D eigenvalue weighted by atomic mass is 9.68. The standard InChI is InChI=1S/C24H33N3O5/c1-15(2)16-8-6-7-9-17(16)26-21(30)18-19(28)24(14-25-20(18)29)10-12-27(13-11-24)22(31)32-23(3,4)5/h6-9,15,18H,10-14H2,1-5H3,(H,25,29)(H,26,30). The summed E-state index contributed by atoms with van der Waals surface area (Å²) in [7, 11) is 0. The molecule has 2 aliphatic heterocycles. The first-order valence-corrected chi connectivity index (χ1v) is 11.1. The molecule has 2 N–H and O–H groups in total. The number of carbonyl (C=O) groups is 4. The minimum Gasteiger partial charge on any atom is -0.444 e. The van der Waals surface area contributed by atoms with Gasteiger partial charge in [-0.2, -0.15) is 0 Å². The number of ketones is 1. The summed E-state index contributed by atoms with van der Waals surface area (Å²) in [5, 5.41) is 5.55. The predicted octanol–water partition coefficient (Wildman–Crippen LogP) is 3.08. The van der Waals surface area contributed by atoms with E-state index in [1.54, 1.807) is 37.8 Å². The van der Waals surface area contributed by atoms with E-state index in [1.165, 1.54) is 0 Å². The van der Waals surface area contributed by atoms with Crippen LogP contribution in [0.2, 0.25) is 0 Å². The number of piperidine rings is 2. The molecule has 174 valence electrons. The Labute approximate surface area is 189 Å². The number of nitrogens with zero attached hydrogens (tertiary/aromatic N) is 1. The first-order chi connectivity index (χ1) is 14.9. The molecular weight excluding hydrogens is 410 g/mol. The van der Waals surface area contributed by atoms with Crippen molar-refractivity contribution in [3.63, 3.8) is 0 Å². The lowest BCUT2D eigenvalue weighted by molar-refractivity contribution is -0.151. The van der Waals surface area contributed by atoms with Gasteiger partial charge in [0.25, 0.3) is 0 Å². The molecule has 0 saturated carbocycles. The minimum atomic E-state index is -1.41. The third-order valence-corrected chi connectivity index (χ3v) is 6.12. The van der Waals surface area contributed by atoms with Crippen molar-refractivity contribution < 1.29 is 23.9 Å². The van der Waals surface area contributed by atoms with Crippen LogP contribution in [0.3, 0.4) is 0 Å². The van der Waals surface area contributed by atoms with Crippen LogP contribution in [0.5, 0.6) is 0 Å². The van der Waals surface area contributed by atoms with E-state index in [-0.39, 0.29) is 18.2 Å². The average molecular weight is 444 g/mol. The molecule has 8 nitrogen and oxygen atoms in total.